The first-order valence-corrected chi connectivity index (χ1v) is 4.67. The number of rotatable bonds is 2. The number of aromatic nitrogens is 1. The summed E-state index contributed by atoms with van der Waals surface area (Å²) in [5.74, 6) is 0.329. The molecule has 2 heterocycles. The van der Waals surface area contributed by atoms with E-state index in [1.54, 1.807) is 6.20 Å². The van der Waals surface area contributed by atoms with E-state index in [0.717, 1.165) is 18.7 Å². The maximum atomic E-state index is 9.13. The van der Waals surface area contributed by atoms with Gasteiger partial charge in [0.05, 0.1) is 11.7 Å². The fourth-order valence-corrected chi connectivity index (χ4v) is 1.86. The van der Waals surface area contributed by atoms with Crippen LogP contribution in [-0.2, 0) is 0 Å². The number of aliphatic hydroxyl groups excluding tert-OH is 1. The third-order valence-corrected chi connectivity index (χ3v) is 2.59. The minimum atomic E-state index is 0.242. The molecule has 3 nitrogen and oxygen atoms in total. The molecule has 2 N–H and O–H groups in total. The van der Waals surface area contributed by atoms with Crippen molar-refractivity contribution in [2.45, 2.75) is 12.5 Å². The Morgan fingerprint density at radius 2 is 2.46 bits per heavy atom. The van der Waals surface area contributed by atoms with Gasteiger partial charge in [0.25, 0.3) is 0 Å². The van der Waals surface area contributed by atoms with Crippen molar-refractivity contribution in [1.82, 2.24) is 10.3 Å². The molecule has 13 heavy (non-hydrogen) atoms. The first-order valence-electron chi connectivity index (χ1n) is 4.67. The van der Waals surface area contributed by atoms with Crippen molar-refractivity contribution < 1.29 is 5.11 Å². The second-order valence-corrected chi connectivity index (χ2v) is 3.42. The molecule has 0 aromatic carbocycles. The van der Waals surface area contributed by atoms with Gasteiger partial charge in [0.1, 0.15) is 0 Å². The summed E-state index contributed by atoms with van der Waals surface area (Å²) in [5, 5.41) is 12.5. The van der Waals surface area contributed by atoms with Crippen LogP contribution in [0, 0.1) is 5.92 Å². The maximum absolute atomic E-state index is 9.13. The molecule has 70 valence electrons. The van der Waals surface area contributed by atoms with Crippen molar-refractivity contribution in [1.29, 1.82) is 0 Å². The van der Waals surface area contributed by atoms with Crippen molar-refractivity contribution in [3.8, 4) is 0 Å². The van der Waals surface area contributed by atoms with Crippen molar-refractivity contribution in [3.05, 3.63) is 30.1 Å². The van der Waals surface area contributed by atoms with Crippen molar-refractivity contribution in [3.63, 3.8) is 0 Å². The van der Waals surface area contributed by atoms with E-state index in [-0.39, 0.29) is 12.6 Å². The second-order valence-electron chi connectivity index (χ2n) is 3.42. The van der Waals surface area contributed by atoms with Gasteiger partial charge in [-0.25, -0.2) is 0 Å². The lowest BCUT2D eigenvalue weighted by Crippen LogP contribution is -2.20. The Morgan fingerprint density at radius 1 is 1.54 bits per heavy atom. The summed E-state index contributed by atoms with van der Waals surface area (Å²) < 4.78 is 0. The van der Waals surface area contributed by atoms with Crippen LogP contribution in [0.4, 0.5) is 0 Å². The molecule has 1 aliphatic rings. The van der Waals surface area contributed by atoms with E-state index in [4.69, 9.17) is 5.11 Å². The first kappa shape index (κ1) is 8.66. The summed E-state index contributed by atoms with van der Waals surface area (Å²) >= 11 is 0. The van der Waals surface area contributed by atoms with Gasteiger partial charge in [0.15, 0.2) is 0 Å². The molecule has 0 aliphatic carbocycles. The van der Waals surface area contributed by atoms with Crippen molar-refractivity contribution >= 4 is 0 Å². The Kier molecular flexibility index (Phi) is 2.57. The summed E-state index contributed by atoms with van der Waals surface area (Å²) in [4.78, 5) is 4.29. The van der Waals surface area contributed by atoms with Crippen LogP contribution in [0.2, 0.25) is 0 Å². The summed E-state index contributed by atoms with van der Waals surface area (Å²) in [6.07, 6.45) is 2.83. The molecular formula is C10H14N2O. The van der Waals surface area contributed by atoms with E-state index in [9.17, 15) is 0 Å². The van der Waals surface area contributed by atoms with Crippen LogP contribution >= 0.6 is 0 Å². The highest BCUT2D eigenvalue weighted by Gasteiger charge is 2.27. The predicted molar refractivity (Wildman–Crippen MR) is 50.2 cm³/mol. The Balaban J connectivity index is 2.16. The summed E-state index contributed by atoms with van der Waals surface area (Å²) in [7, 11) is 0. The first-order chi connectivity index (χ1) is 6.42. The Hall–Kier alpha value is -0.930. The normalized spacial score (nSPS) is 27.8. The highest BCUT2D eigenvalue weighted by Crippen LogP contribution is 2.27. The molecular weight excluding hydrogens is 164 g/mol. The van der Waals surface area contributed by atoms with Gasteiger partial charge in [-0.3, -0.25) is 4.98 Å². The molecule has 1 aromatic heterocycles. The lowest BCUT2D eigenvalue weighted by Gasteiger charge is -2.16. The average molecular weight is 178 g/mol. The lowest BCUT2D eigenvalue weighted by molar-refractivity contribution is 0.213. The van der Waals surface area contributed by atoms with E-state index in [0.29, 0.717) is 5.92 Å². The SMILES string of the molecule is OC[C@@H]1CCN[C@@H]1c1ccccn1. The van der Waals surface area contributed by atoms with E-state index < -0.39 is 0 Å². The molecule has 2 rings (SSSR count). The quantitative estimate of drug-likeness (QED) is 0.701. The van der Waals surface area contributed by atoms with Gasteiger partial charge in [-0.1, -0.05) is 6.07 Å². The zero-order valence-electron chi connectivity index (χ0n) is 7.48. The van der Waals surface area contributed by atoms with Crippen LogP contribution in [-0.4, -0.2) is 23.2 Å². The minimum absolute atomic E-state index is 0.242. The van der Waals surface area contributed by atoms with Gasteiger partial charge >= 0.3 is 0 Å². The fraction of sp³-hybridized carbons (Fsp3) is 0.500. The number of nitrogens with one attached hydrogen (secondary N) is 1. The topological polar surface area (TPSA) is 45.1 Å². The van der Waals surface area contributed by atoms with Gasteiger partial charge in [-0.2, -0.15) is 0 Å². The van der Waals surface area contributed by atoms with Gasteiger partial charge < -0.3 is 10.4 Å². The van der Waals surface area contributed by atoms with Crippen LogP contribution < -0.4 is 5.32 Å². The Labute approximate surface area is 77.8 Å². The zero-order chi connectivity index (χ0) is 9.10. The van der Waals surface area contributed by atoms with Crippen LogP contribution in [0.25, 0.3) is 0 Å². The standard InChI is InChI=1S/C10H14N2O/c13-7-8-4-6-12-10(8)9-3-1-2-5-11-9/h1-3,5,8,10,12-13H,4,6-7H2/t8-,10-/m0/s1. The zero-order valence-corrected chi connectivity index (χ0v) is 7.48. The summed E-state index contributed by atoms with van der Waals surface area (Å²) in [6, 6.07) is 6.14. The van der Waals surface area contributed by atoms with E-state index in [2.05, 4.69) is 10.3 Å². The minimum Gasteiger partial charge on any atom is -0.396 e. The van der Waals surface area contributed by atoms with E-state index in [1.165, 1.54) is 0 Å². The molecule has 0 radical (unpaired) electrons. The molecule has 3 heteroatoms. The number of hydrogen-bond acceptors (Lipinski definition) is 3. The van der Waals surface area contributed by atoms with Gasteiger partial charge in [-0.05, 0) is 25.1 Å². The number of hydrogen-bond donors (Lipinski definition) is 2. The molecule has 1 aromatic rings. The molecule has 1 aliphatic heterocycles. The highest BCUT2D eigenvalue weighted by atomic mass is 16.3. The van der Waals surface area contributed by atoms with Gasteiger partial charge in [-0.15, -0.1) is 0 Å². The van der Waals surface area contributed by atoms with Crippen LogP contribution in [0.5, 0.6) is 0 Å². The molecule has 0 bridgehead atoms. The number of pyridine rings is 1. The van der Waals surface area contributed by atoms with Crippen molar-refractivity contribution in [2.24, 2.45) is 5.92 Å². The maximum Gasteiger partial charge on any atom is 0.0576 e. The average Bonchev–Trinajstić information content (AvgIpc) is 2.67. The van der Waals surface area contributed by atoms with Crippen molar-refractivity contribution in [2.75, 3.05) is 13.2 Å². The van der Waals surface area contributed by atoms with Gasteiger partial charge in [0, 0.05) is 18.7 Å². The predicted octanol–water partition coefficient (Wildman–Crippen LogP) is 0.724. The molecule has 0 unspecified atom stereocenters. The molecule has 0 spiro atoms. The molecule has 1 fully saturated rings. The smallest absolute Gasteiger partial charge is 0.0576 e. The molecule has 0 saturated carbocycles. The van der Waals surface area contributed by atoms with Crippen LogP contribution in [0.3, 0.4) is 0 Å². The second kappa shape index (κ2) is 3.85. The van der Waals surface area contributed by atoms with Crippen LogP contribution in [0.15, 0.2) is 24.4 Å². The lowest BCUT2D eigenvalue weighted by atomic mass is 9.99. The number of nitrogens with zero attached hydrogens (tertiary/aromatic N) is 1. The Bertz CT molecular complexity index is 263. The van der Waals surface area contributed by atoms with E-state index in [1.807, 2.05) is 18.2 Å². The monoisotopic (exact) mass is 178 g/mol. The third-order valence-electron chi connectivity index (χ3n) is 2.59. The third kappa shape index (κ3) is 1.71. The largest absolute Gasteiger partial charge is 0.396 e. The summed E-state index contributed by atoms with van der Waals surface area (Å²) in [6.45, 7) is 1.22. The van der Waals surface area contributed by atoms with Gasteiger partial charge in [0.2, 0.25) is 0 Å². The highest BCUT2D eigenvalue weighted by molar-refractivity contribution is 5.11. The Morgan fingerprint density at radius 3 is 3.15 bits per heavy atom. The molecule has 1 saturated heterocycles. The summed E-state index contributed by atoms with van der Waals surface area (Å²) in [5.41, 5.74) is 1.04. The molecule has 0 amide bonds. The number of aliphatic hydroxyl groups is 1. The fourth-order valence-electron chi connectivity index (χ4n) is 1.86. The molecule has 2 atom stereocenters. The van der Waals surface area contributed by atoms with E-state index >= 15 is 0 Å². The van der Waals surface area contributed by atoms with Crippen LogP contribution in [0.1, 0.15) is 18.2 Å².